The smallest absolute Gasteiger partial charge is 0.227 e. The van der Waals surface area contributed by atoms with Crippen LogP contribution in [0.15, 0.2) is 48.7 Å². The molecule has 5 heteroatoms. The number of carbonyl (C=O) groups is 1. The molecule has 1 aliphatic rings. The summed E-state index contributed by atoms with van der Waals surface area (Å²) in [7, 11) is 0. The maximum atomic E-state index is 13.3. The molecule has 1 saturated heterocycles. The largest absolute Gasteiger partial charge is 0.333 e. The van der Waals surface area contributed by atoms with Gasteiger partial charge >= 0.3 is 0 Å². The highest BCUT2D eigenvalue weighted by Gasteiger charge is 2.25. The van der Waals surface area contributed by atoms with Gasteiger partial charge in [-0.1, -0.05) is 44.2 Å². The summed E-state index contributed by atoms with van der Waals surface area (Å²) < 4.78 is 0. The molecule has 0 aliphatic carbocycles. The first-order chi connectivity index (χ1) is 13.6. The Labute approximate surface area is 181 Å². The van der Waals surface area contributed by atoms with Crippen LogP contribution in [0.1, 0.15) is 49.9 Å². The maximum Gasteiger partial charge on any atom is 0.227 e. The van der Waals surface area contributed by atoms with Gasteiger partial charge in [0, 0.05) is 12.2 Å². The van der Waals surface area contributed by atoms with E-state index < -0.39 is 0 Å². The second-order valence-electron chi connectivity index (χ2n) is 8.27. The van der Waals surface area contributed by atoms with Gasteiger partial charge in [0.25, 0.3) is 0 Å². The standard InChI is InChI=1S/C24H33N3O.ClH/c1-19(2)16-20-8-10-21(11-9-20)17-24(28)27(18-22-6-3-4-14-26-22)23-7-5-13-25-15-12-23;/h3-4,6,8-11,14,19,23,25H,5,7,12-13,15-18H2,1-2H3;1H. The Morgan fingerprint density at radius 1 is 1.10 bits per heavy atom. The van der Waals surface area contributed by atoms with Gasteiger partial charge in [-0.15, -0.1) is 12.4 Å². The van der Waals surface area contributed by atoms with E-state index in [1.807, 2.05) is 18.2 Å². The predicted octanol–water partition coefficient (Wildman–Crippen LogP) is 4.42. The third-order valence-electron chi connectivity index (χ3n) is 5.39. The van der Waals surface area contributed by atoms with E-state index in [9.17, 15) is 4.79 Å². The van der Waals surface area contributed by atoms with Gasteiger partial charge in [-0.05, 0) is 68.0 Å². The maximum absolute atomic E-state index is 13.3. The second-order valence-corrected chi connectivity index (χ2v) is 8.27. The predicted molar refractivity (Wildman–Crippen MR) is 121 cm³/mol. The Morgan fingerprint density at radius 3 is 2.55 bits per heavy atom. The number of aromatic nitrogens is 1. The van der Waals surface area contributed by atoms with E-state index in [2.05, 4.69) is 53.3 Å². The molecule has 2 aromatic rings. The van der Waals surface area contributed by atoms with E-state index in [-0.39, 0.29) is 24.4 Å². The van der Waals surface area contributed by atoms with Crippen LogP contribution in [0.3, 0.4) is 0 Å². The van der Waals surface area contributed by atoms with Crippen LogP contribution in [0.2, 0.25) is 0 Å². The summed E-state index contributed by atoms with van der Waals surface area (Å²) in [5.41, 5.74) is 3.39. The molecular weight excluding hydrogens is 382 g/mol. The van der Waals surface area contributed by atoms with Crippen molar-refractivity contribution in [3.8, 4) is 0 Å². The van der Waals surface area contributed by atoms with Gasteiger partial charge in [-0.3, -0.25) is 9.78 Å². The highest BCUT2D eigenvalue weighted by atomic mass is 35.5. The highest BCUT2D eigenvalue weighted by Crippen LogP contribution is 2.19. The molecule has 1 fully saturated rings. The normalized spacial score (nSPS) is 16.7. The monoisotopic (exact) mass is 415 g/mol. The van der Waals surface area contributed by atoms with E-state index in [4.69, 9.17) is 0 Å². The van der Waals surface area contributed by atoms with Crippen molar-refractivity contribution in [3.63, 3.8) is 0 Å². The first-order valence-electron chi connectivity index (χ1n) is 10.6. The zero-order chi connectivity index (χ0) is 19.8. The Balaban J connectivity index is 0.00000300. The van der Waals surface area contributed by atoms with Crippen LogP contribution in [0.25, 0.3) is 0 Å². The van der Waals surface area contributed by atoms with Crippen molar-refractivity contribution in [3.05, 3.63) is 65.5 Å². The topological polar surface area (TPSA) is 45.2 Å². The molecule has 3 rings (SSSR count). The number of nitrogens with zero attached hydrogens (tertiary/aromatic N) is 2. The molecule has 1 aliphatic heterocycles. The van der Waals surface area contributed by atoms with Crippen molar-refractivity contribution in [1.82, 2.24) is 15.2 Å². The molecule has 1 unspecified atom stereocenters. The van der Waals surface area contributed by atoms with Crippen LogP contribution in [-0.4, -0.2) is 34.9 Å². The summed E-state index contributed by atoms with van der Waals surface area (Å²) in [5.74, 6) is 0.847. The summed E-state index contributed by atoms with van der Waals surface area (Å²) in [6, 6.07) is 14.8. The van der Waals surface area contributed by atoms with E-state index >= 15 is 0 Å². The third kappa shape index (κ3) is 7.45. The lowest BCUT2D eigenvalue weighted by atomic mass is 10.00. The van der Waals surface area contributed by atoms with Gasteiger partial charge in [-0.25, -0.2) is 0 Å². The summed E-state index contributed by atoms with van der Waals surface area (Å²) in [6.45, 7) is 7.07. The van der Waals surface area contributed by atoms with Crippen molar-refractivity contribution in [2.24, 2.45) is 5.92 Å². The minimum absolute atomic E-state index is 0. The zero-order valence-electron chi connectivity index (χ0n) is 17.6. The molecule has 2 heterocycles. The van der Waals surface area contributed by atoms with E-state index in [0.29, 0.717) is 18.9 Å². The molecule has 0 spiro atoms. The van der Waals surface area contributed by atoms with Crippen LogP contribution >= 0.6 is 12.4 Å². The van der Waals surface area contributed by atoms with Gasteiger partial charge in [-0.2, -0.15) is 0 Å². The number of pyridine rings is 1. The molecule has 1 aromatic carbocycles. The minimum atomic E-state index is 0. The molecule has 1 N–H and O–H groups in total. The van der Waals surface area contributed by atoms with Gasteiger partial charge < -0.3 is 10.2 Å². The number of hydrogen-bond acceptors (Lipinski definition) is 3. The number of rotatable bonds is 7. The van der Waals surface area contributed by atoms with Gasteiger partial charge in [0.1, 0.15) is 0 Å². The molecular formula is C24H34ClN3O. The number of amides is 1. The quantitative estimate of drug-likeness (QED) is 0.728. The average Bonchev–Trinajstić information content (AvgIpc) is 2.97. The fourth-order valence-corrected chi connectivity index (χ4v) is 3.94. The Kier molecular flexibility index (Phi) is 9.62. The van der Waals surface area contributed by atoms with Crippen molar-refractivity contribution in [2.45, 2.75) is 58.5 Å². The molecule has 29 heavy (non-hydrogen) atoms. The number of carbonyl (C=O) groups excluding carboxylic acids is 1. The van der Waals surface area contributed by atoms with Crippen LogP contribution in [0.5, 0.6) is 0 Å². The van der Waals surface area contributed by atoms with Crippen molar-refractivity contribution < 1.29 is 4.79 Å². The van der Waals surface area contributed by atoms with Crippen LogP contribution < -0.4 is 5.32 Å². The number of benzene rings is 1. The van der Waals surface area contributed by atoms with E-state index in [1.165, 1.54) is 5.56 Å². The molecule has 158 valence electrons. The summed E-state index contributed by atoms with van der Waals surface area (Å²) in [4.78, 5) is 19.8. The highest BCUT2D eigenvalue weighted by molar-refractivity contribution is 5.85. The lowest BCUT2D eigenvalue weighted by Crippen LogP contribution is -2.41. The van der Waals surface area contributed by atoms with Crippen molar-refractivity contribution in [2.75, 3.05) is 13.1 Å². The van der Waals surface area contributed by atoms with Crippen LogP contribution in [0, 0.1) is 5.92 Å². The first-order valence-corrected chi connectivity index (χ1v) is 10.6. The van der Waals surface area contributed by atoms with E-state index in [0.717, 1.165) is 50.0 Å². The molecule has 1 aromatic heterocycles. The van der Waals surface area contributed by atoms with Crippen LogP contribution in [-0.2, 0) is 24.2 Å². The summed E-state index contributed by atoms with van der Waals surface area (Å²) >= 11 is 0. The lowest BCUT2D eigenvalue weighted by molar-refractivity contribution is -0.133. The number of hydrogen-bond donors (Lipinski definition) is 1. The Hall–Kier alpha value is -1.91. The van der Waals surface area contributed by atoms with Gasteiger partial charge in [0.05, 0.1) is 18.7 Å². The minimum Gasteiger partial charge on any atom is -0.333 e. The fourth-order valence-electron chi connectivity index (χ4n) is 3.94. The SMILES string of the molecule is CC(C)Cc1ccc(CC(=O)N(Cc2ccccn2)C2CCCNCC2)cc1.Cl. The fraction of sp³-hybridized carbons (Fsp3) is 0.500. The van der Waals surface area contributed by atoms with Gasteiger partial charge in [0.2, 0.25) is 5.91 Å². The summed E-state index contributed by atoms with van der Waals surface area (Å²) in [5, 5.41) is 3.45. The van der Waals surface area contributed by atoms with Gasteiger partial charge in [0.15, 0.2) is 0 Å². The van der Waals surface area contributed by atoms with Crippen molar-refractivity contribution >= 4 is 18.3 Å². The molecule has 0 radical (unpaired) electrons. The molecule has 0 saturated carbocycles. The van der Waals surface area contributed by atoms with Crippen molar-refractivity contribution in [1.29, 1.82) is 0 Å². The average molecular weight is 416 g/mol. The molecule has 1 amide bonds. The van der Waals surface area contributed by atoms with Crippen LogP contribution in [0.4, 0.5) is 0 Å². The summed E-state index contributed by atoms with van der Waals surface area (Å²) in [6.07, 6.45) is 6.51. The number of halogens is 1. The third-order valence-corrected chi connectivity index (χ3v) is 5.39. The number of nitrogens with one attached hydrogen (secondary N) is 1. The zero-order valence-corrected chi connectivity index (χ0v) is 18.5. The molecule has 1 atom stereocenters. The lowest BCUT2D eigenvalue weighted by Gasteiger charge is -2.31. The first kappa shape index (κ1) is 23.4. The molecule has 4 nitrogen and oxygen atoms in total. The second kappa shape index (κ2) is 11.9. The molecule has 0 bridgehead atoms. The Bertz CT molecular complexity index is 726. The Morgan fingerprint density at radius 2 is 1.86 bits per heavy atom. The van der Waals surface area contributed by atoms with E-state index in [1.54, 1.807) is 6.20 Å².